The van der Waals surface area contributed by atoms with Crippen molar-refractivity contribution < 1.29 is 23.1 Å². The molecule has 8 heteroatoms. The minimum absolute atomic E-state index is 0.598. The molecule has 5 nitrogen and oxygen atoms in total. The molecule has 1 aromatic heterocycles. The normalized spacial score (nSPS) is 10.6. The summed E-state index contributed by atoms with van der Waals surface area (Å²) in [5.74, 6) is -2.76. The number of fused-ring (bicyclic) bond motifs is 1. The zero-order valence-electron chi connectivity index (χ0n) is 14.1. The first kappa shape index (κ1) is 19.7. The number of benzene rings is 2. The topological polar surface area (TPSA) is 100 Å². The second-order valence-electron chi connectivity index (χ2n) is 5.54. The molecule has 3 aromatic rings. The number of carboxylic acids is 1. The van der Waals surface area contributed by atoms with E-state index in [1.54, 1.807) is 6.20 Å². The molecule has 0 spiro atoms. The number of nitrogens with two attached hydrogens (primary N) is 1. The van der Waals surface area contributed by atoms with Crippen molar-refractivity contribution in [3.05, 3.63) is 59.9 Å². The lowest BCUT2D eigenvalue weighted by Gasteiger charge is -2.11. The van der Waals surface area contributed by atoms with Crippen LogP contribution in [0.3, 0.4) is 0 Å². The second kappa shape index (κ2) is 7.74. The first-order valence-electron chi connectivity index (χ1n) is 7.59. The van der Waals surface area contributed by atoms with Crippen LogP contribution < -0.4 is 5.73 Å². The highest BCUT2D eigenvalue weighted by Gasteiger charge is 2.38. The van der Waals surface area contributed by atoms with Gasteiger partial charge in [0.2, 0.25) is 0 Å². The number of anilines is 1. The van der Waals surface area contributed by atoms with E-state index >= 15 is 0 Å². The molecule has 3 rings (SSSR count). The van der Waals surface area contributed by atoms with Crippen LogP contribution in [0.15, 0.2) is 48.7 Å². The van der Waals surface area contributed by atoms with E-state index in [9.17, 15) is 18.4 Å². The first-order valence-corrected chi connectivity index (χ1v) is 7.59. The third-order valence-corrected chi connectivity index (χ3v) is 3.65. The van der Waals surface area contributed by atoms with E-state index < -0.39 is 12.1 Å². The van der Waals surface area contributed by atoms with E-state index in [0.717, 1.165) is 27.6 Å². The fraction of sp³-hybridized carbons (Fsp3) is 0.105. The molecular formula is C19H14F3N3O2. The number of rotatable bonds is 1. The SMILES string of the molecule is Cc1cc2c(N)c(-c3ccccc3)cc(C#N)c2cn1.O=C(O)C(F)(F)F. The lowest BCUT2D eigenvalue weighted by molar-refractivity contribution is -0.192. The zero-order chi connectivity index (χ0) is 20.2. The van der Waals surface area contributed by atoms with Gasteiger partial charge in [0, 0.05) is 33.9 Å². The Bertz CT molecular complexity index is 1030. The molecule has 3 N–H and O–H groups in total. The van der Waals surface area contributed by atoms with Crippen LogP contribution in [0.2, 0.25) is 0 Å². The Kier molecular flexibility index (Phi) is 5.66. The summed E-state index contributed by atoms with van der Waals surface area (Å²) in [6.45, 7) is 1.92. The molecular weight excluding hydrogens is 359 g/mol. The monoisotopic (exact) mass is 373 g/mol. The molecule has 0 aliphatic heterocycles. The Hall–Kier alpha value is -3.60. The van der Waals surface area contributed by atoms with Gasteiger partial charge in [-0.15, -0.1) is 0 Å². The van der Waals surface area contributed by atoms with Crippen molar-refractivity contribution in [1.29, 1.82) is 5.26 Å². The number of hydrogen-bond donors (Lipinski definition) is 2. The molecule has 0 aliphatic rings. The number of nitriles is 1. The molecule has 0 unspecified atom stereocenters. The summed E-state index contributed by atoms with van der Waals surface area (Å²) in [4.78, 5) is 13.1. The van der Waals surface area contributed by atoms with Crippen molar-refractivity contribution >= 4 is 22.4 Å². The number of pyridine rings is 1. The summed E-state index contributed by atoms with van der Waals surface area (Å²) in [5, 5.41) is 18.2. The lowest BCUT2D eigenvalue weighted by atomic mass is 9.96. The van der Waals surface area contributed by atoms with E-state index in [-0.39, 0.29) is 0 Å². The van der Waals surface area contributed by atoms with Crippen LogP contribution >= 0.6 is 0 Å². The molecule has 2 aromatic carbocycles. The van der Waals surface area contributed by atoms with Crippen LogP contribution in [0.1, 0.15) is 11.3 Å². The van der Waals surface area contributed by atoms with Crippen LogP contribution in [0, 0.1) is 18.3 Å². The summed E-state index contributed by atoms with van der Waals surface area (Å²) in [6.07, 6.45) is -3.37. The number of hydrogen-bond acceptors (Lipinski definition) is 4. The van der Waals surface area contributed by atoms with E-state index in [2.05, 4.69) is 11.1 Å². The summed E-state index contributed by atoms with van der Waals surface area (Å²) in [7, 11) is 0. The Morgan fingerprint density at radius 3 is 2.30 bits per heavy atom. The summed E-state index contributed by atoms with van der Waals surface area (Å²) < 4.78 is 31.7. The fourth-order valence-electron chi connectivity index (χ4n) is 2.39. The quantitative estimate of drug-likeness (QED) is 0.620. The number of aromatic nitrogens is 1. The van der Waals surface area contributed by atoms with Crippen molar-refractivity contribution in [1.82, 2.24) is 4.98 Å². The molecule has 1 heterocycles. The molecule has 0 fully saturated rings. The van der Waals surface area contributed by atoms with Crippen LogP contribution in [0.25, 0.3) is 21.9 Å². The Morgan fingerprint density at radius 2 is 1.78 bits per heavy atom. The maximum atomic E-state index is 10.6. The highest BCUT2D eigenvalue weighted by molar-refractivity contribution is 6.03. The molecule has 0 bridgehead atoms. The smallest absolute Gasteiger partial charge is 0.475 e. The van der Waals surface area contributed by atoms with Crippen molar-refractivity contribution in [3.8, 4) is 17.2 Å². The summed E-state index contributed by atoms with van der Waals surface area (Å²) in [6, 6.07) is 15.9. The van der Waals surface area contributed by atoms with Crippen molar-refractivity contribution in [2.75, 3.05) is 5.73 Å². The van der Waals surface area contributed by atoms with Gasteiger partial charge in [0.05, 0.1) is 11.6 Å². The first-order chi connectivity index (χ1) is 12.6. The van der Waals surface area contributed by atoms with Crippen LogP contribution in [-0.2, 0) is 4.79 Å². The van der Waals surface area contributed by atoms with Crippen LogP contribution in [0.4, 0.5) is 18.9 Å². The largest absolute Gasteiger partial charge is 0.490 e. The van der Waals surface area contributed by atoms with E-state index in [4.69, 9.17) is 15.6 Å². The third kappa shape index (κ3) is 4.52. The molecule has 27 heavy (non-hydrogen) atoms. The highest BCUT2D eigenvalue weighted by atomic mass is 19.4. The molecule has 0 saturated carbocycles. The van der Waals surface area contributed by atoms with Crippen molar-refractivity contribution in [2.45, 2.75) is 13.1 Å². The van der Waals surface area contributed by atoms with Gasteiger partial charge < -0.3 is 10.8 Å². The number of aliphatic carboxylic acids is 1. The minimum atomic E-state index is -5.08. The van der Waals surface area contributed by atoms with E-state index in [1.807, 2.05) is 49.4 Å². The van der Waals surface area contributed by atoms with Crippen LogP contribution in [-0.4, -0.2) is 22.2 Å². The number of carbonyl (C=O) groups is 1. The predicted octanol–water partition coefficient (Wildman–Crippen LogP) is 4.30. The minimum Gasteiger partial charge on any atom is -0.475 e. The lowest BCUT2D eigenvalue weighted by Crippen LogP contribution is -2.21. The summed E-state index contributed by atoms with van der Waals surface area (Å²) in [5.41, 5.74) is 10.4. The van der Waals surface area contributed by atoms with Crippen molar-refractivity contribution in [2.24, 2.45) is 0 Å². The molecule has 0 saturated heterocycles. The average molecular weight is 373 g/mol. The molecule has 0 amide bonds. The number of alkyl halides is 3. The van der Waals surface area contributed by atoms with Gasteiger partial charge >= 0.3 is 12.1 Å². The van der Waals surface area contributed by atoms with Gasteiger partial charge in [-0.2, -0.15) is 18.4 Å². The van der Waals surface area contributed by atoms with Gasteiger partial charge in [0.25, 0.3) is 0 Å². The molecule has 0 aliphatic carbocycles. The van der Waals surface area contributed by atoms with Gasteiger partial charge in [0.1, 0.15) is 0 Å². The molecule has 138 valence electrons. The van der Waals surface area contributed by atoms with Gasteiger partial charge in [-0.05, 0) is 24.6 Å². The highest BCUT2D eigenvalue weighted by Crippen LogP contribution is 2.34. The van der Waals surface area contributed by atoms with Gasteiger partial charge in [-0.1, -0.05) is 30.3 Å². The maximum absolute atomic E-state index is 10.6. The Balaban J connectivity index is 0.000000321. The zero-order valence-corrected chi connectivity index (χ0v) is 14.1. The Labute approximate surface area is 152 Å². The van der Waals surface area contributed by atoms with Crippen LogP contribution in [0.5, 0.6) is 0 Å². The van der Waals surface area contributed by atoms with Crippen molar-refractivity contribution in [3.63, 3.8) is 0 Å². The number of halogens is 3. The Morgan fingerprint density at radius 1 is 1.19 bits per heavy atom. The third-order valence-electron chi connectivity index (χ3n) is 3.65. The number of carboxylic acid groups (broad SMARTS) is 1. The maximum Gasteiger partial charge on any atom is 0.490 e. The van der Waals surface area contributed by atoms with E-state index in [0.29, 0.717) is 11.3 Å². The van der Waals surface area contributed by atoms with Gasteiger partial charge in [-0.3, -0.25) is 4.98 Å². The summed E-state index contributed by atoms with van der Waals surface area (Å²) >= 11 is 0. The standard InChI is InChI=1S/C17H13N3.C2HF3O2/c1-11-7-15-16(10-20-11)13(9-18)8-14(17(15)19)12-5-3-2-4-6-12;3-2(4,5)1(6)7/h2-8,10H,19H2,1H3;(H,6,7). The number of aryl methyl sites for hydroxylation is 1. The van der Waals surface area contributed by atoms with E-state index in [1.165, 1.54) is 0 Å². The predicted molar refractivity (Wildman–Crippen MR) is 94.7 cm³/mol. The fourth-order valence-corrected chi connectivity index (χ4v) is 2.39. The average Bonchev–Trinajstić information content (AvgIpc) is 2.63. The molecule has 0 atom stereocenters. The second-order valence-corrected chi connectivity index (χ2v) is 5.54. The number of nitrogen functional groups attached to an aromatic ring is 1. The van der Waals surface area contributed by atoms with Gasteiger partial charge in [0.15, 0.2) is 0 Å². The van der Waals surface area contributed by atoms with Gasteiger partial charge in [-0.25, -0.2) is 4.79 Å². The number of nitrogens with zero attached hydrogens (tertiary/aromatic N) is 2. The molecule has 0 radical (unpaired) electrons.